The van der Waals surface area contributed by atoms with Crippen LogP contribution in [0.15, 0.2) is 41.0 Å². The molecule has 0 aliphatic carbocycles. The van der Waals surface area contributed by atoms with Crippen molar-refractivity contribution in [3.8, 4) is 0 Å². The first-order chi connectivity index (χ1) is 14.0. The van der Waals surface area contributed by atoms with Gasteiger partial charge in [-0.25, -0.2) is 14.2 Å². The van der Waals surface area contributed by atoms with Gasteiger partial charge in [-0.05, 0) is 44.4 Å². The summed E-state index contributed by atoms with van der Waals surface area (Å²) in [6, 6.07) is 3.70. The molecular weight excluding hydrogens is 429 g/mol. The molecule has 7 nitrogen and oxygen atoms in total. The molecule has 0 fully saturated rings. The van der Waals surface area contributed by atoms with E-state index in [1.165, 1.54) is 12.3 Å². The SMILES string of the molecule is CN(CC[SH]1C=CN=C1C(=O)c1cc(F)cc2c1ccn2C(=O)O)[S@@+]([O-])C(C)(C)C. The minimum Gasteiger partial charge on any atom is -0.598 e. The Hall–Kier alpha value is -2.14. The summed E-state index contributed by atoms with van der Waals surface area (Å²) in [6.07, 6.45) is 1.60. The highest BCUT2D eigenvalue weighted by atomic mass is 32.2. The lowest BCUT2D eigenvalue weighted by Crippen LogP contribution is -2.42. The summed E-state index contributed by atoms with van der Waals surface area (Å²) in [5.74, 6) is -0.523. The normalized spacial score (nSPS) is 18.8. The molecule has 1 N–H and O–H groups in total. The van der Waals surface area contributed by atoms with Gasteiger partial charge in [-0.1, -0.05) is 0 Å². The summed E-state index contributed by atoms with van der Waals surface area (Å²) in [7, 11) is 0.740. The highest BCUT2D eigenvalue weighted by Crippen LogP contribution is 2.36. The van der Waals surface area contributed by atoms with Crippen LogP contribution in [0.4, 0.5) is 9.18 Å². The van der Waals surface area contributed by atoms with Crippen molar-refractivity contribution in [2.75, 3.05) is 19.3 Å². The number of Topliss-reactive ketones (excluding diaryl/α,β-unsaturated/α-hetero) is 1. The number of hydrogen-bond acceptors (Lipinski definition) is 5. The van der Waals surface area contributed by atoms with Crippen LogP contribution >= 0.6 is 10.9 Å². The van der Waals surface area contributed by atoms with Crippen molar-refractivity contribution in [2.45, 2.75) is 25.5 Å². The van der Waals surface area contributed by atoms with Crippen molar-refractivity contribution >= 4 is 50.1 Å². The second kappa shape index (κ2) is 8.54. The maximum atomic E-state index is 14.2. The molecule has 2 heterocycles. The molecule has 1 unspecified atom stereocenters. The Bertz CT molecular complexity index is 1060. The van der Waals surface area contributed by atoms with Gasteiger partial charge in [-0.2, -0.15) is 10.9 Å². The molecule has 0 bridgehead atoms. The van der Waals surface area contributed by atoms with Gasteiger partial charge in [0, 0.05) is 47.5 Å². The second-order valence-corrected chi connectivity index (χ2v) is 12.3. The van der Waals surface area contributed by atoms with E-state index in [1.54, 1.807) is 17.6 Å². The molecular formula is C20H24FN3O4S2. The number of carbonyl (C=O) groups excluding carboxylic acids is 1. The smallest absolute Gasteiger partial charge is 0.416 e. The van der Waals surface area contributed by atoms with Crippen LogP contribution in [0.3, 0.4) is 0 Å². The summed E-state index contributed by atoms with van der Waals surface area (Å²) in [5, 5.41) is 11.8. The molecule has 3 rings (SSSR count). The number of benzene rings is 1. The Kier molecular flexibility index (Phi) is 6.42. The molecule has 0 spiro atoms. The van der Waals surface area contributed by atoms with Gasteiger partial charge in [0.1, 0.15) is 15.6 Å². The molecule has 0 radical (unpaired) electrons. The number of carboxylic acid groups (broad SMARTS) is 1. The van der Waals surface area contributed by atoms with Crippen LogP contribution < -0.4 is 0 Å². The van der Waals surface area contributed by atoms with Gasteiger partial charge in [0.05, 0.1) is 12.1 Å². The van der Waals surface area contributed by atoms with Crippen molar-refractivity contribution < 1.29 is 23.6 Å². The fraction of sp³-hybridized carbons (Fsp3) is 0.350. The molecule has 0 amide bonds. The van der Waals surface area contributed by atoms with Gasteiger partial charge < -0.3 is 9.66 Å². The second-order valence-electron chi connectivity index (χ2n) is 7.84. The number of aromatic nitrogens is 1. The standard InChI is InChI=1S/C20H24FN3O4S2/c1-20(2,3)30(28)23(4)8-10-29-9-6-22-18(29)17(25)15-11-13(21)12-16-14(15)5-7-24(16)19(26)27/h5-7,9,11-12,29H,8,10H2,1-4H3,(H,26,27)/t30-/m0/s1. The monoisotopic (exact) mass is 453 g/mol. The minimum absolute atomic E-state index is 0.0894. The summed E-state index contributed by atoms with van der Waals surface area (Å²) in [6.45, 7) is 6.21. The molecule has 10 heteroatoms. The lowest BCUT2D eigenvalue weighted by molar-refractivity contribution is 0.107. The van der Waals surface area contributed by atoms with E-state index in [0.29, 0.717) is 22.7 Å². The molecule has 0 saturated carbocycles. The van der Waals surface area contributed by atoms with E-state index in [4.69, 9.17) is 0 Å². The van der Waals surface area contributed by atoms with Gasteiger partial charge in [0.15, 0.2) is 0 Å². The molecule has 0 saturated heterocycles. The molecule has 1 aliphatic heterocycles. The van der Waals surface area contributed by atoms with E-state index in [9.17, 15) is 23.6 Å². The van der Waals surface area contributed by atoms with E-state index in [1.807, 2.05) is 26.2 Å². The zero-order chi connectivity index (χ0) is 22.2. The zero-order valence-corrected chi connectivity index (χ0v) is 18.8. The highest BCUT2D eigenvalue weighted by molar-refractivity contribution is 8.34. The molecule has 2 atom stereocenters. The fourth-order valence-electron chi connectivity index (χ4n) is 3.18. The number of aliphatic imine (C=N–C) groups is 1. The van der Waals surface area contributed by atoms with Gasteiger partial charge in [-0.15, -0.1) is 4.31 Å². The summed E-state index contributed by atoms with van der Waals surface area (Å²) in [4.78, 5) is 28.8. The predicted molar refractivity (Wildman–Crippen MR) is 121 cm³/mol. The Morgan fingerprint density at radius 3 is 2.70 bits per heavy atom. The van der Waals surface area contributed by atoms with E-state index in [-0.39, 0.29) is 15.8 Å². The van der Waals surface area contributed by atoms with Crippen LogP contribution in [0.2, 0.25) is 0 Å². The quantitative estimate of drug-likeness (QED) is 0.394. The Labute approximate surface area is 179 Å². The summed E-state index contributed by atoms with van der Waals surface area (Å²) in [5.41, 5.74) is 0.202. The first-order valence-electron chi connectivity index (χ1n) is 9.23. The van der Waals surface area contributed by atoms with Crippen molar-refractivity contribution in [1.82, 2.24) is 8.87 Å². The Morgan fingerprint density at radius 2 is 2.07 bits per heavy atom. The van der Waals surface area contributed by atoms with E-state index in [2.05, 4.69) is 4.99 Å². The Balaban J connectivity index is 1.83. The molecule has 30 heavy (non-hydrogen) atoms. The van der Waals surface area contributed by atoms with Crippen LogP contribution in [0.5, 0.6) is 0 Å². The number of halogens is 1. The topological polar surface area (TPSA) is 98.0 Å². The number of ketones is 1. The van der Waals surface area contributed by atoms with Gasteiger partial charge in [0.25, 0.3) is 0 Å². The minimum atomic E-state index is -1.26. The molecule has 2 aromatic rings. The van der Waals surface area contributed by atoms with E-state index < -0.39 is 40.0 Å². The van der Waals surface area contributed by atoms with Crippen molar-refractivity contribution in [3.63, 3.8) is 0 Å². The molecule has 1 aliphatic rings. The largest absolute Gasteiger partial charge is 0.598 e. The molecule has 1 aromatic carbocycles. The Morgan fingerprint density at radius 1 is 1.37 bits per heavy atom. The third-order valence-electron chi connectivity index (χ3n) is 4.60. The average molecular weight is 454 g/mol. The summed E-state index contributed by atoms with van der Waals surface area (Å²) < 4.78 is 28.9. The van der Waals surface area contributed by atoms with Gasteiger partial charge in [-0.3, -0.25) is 9.36 Å². The number of fused-ring (bicyclic) bond motifs is 1. The van der Waals surface area contributed by atoms with Gasteiger partial charge in [0.2, 0.25) is 5.78 Å². The highest BCUT2D eigenvalue weighted by Gasteiger charge is 2.32. The number of carbonyl (C=O) groups is 2. The van der Waals surface area contributed by atoms with Crippen LogP contribution in [0.1, 0.15) is 31.1 Å². The molecule has 162 valence electrons. The van der Waals surface area contributed by atoms with Crippen LogP contribution in [-0.4, -0.2) is 59.5 Å². The number of nitrogens with zero attached hydrogens (tertiary/aromatic N) is 3. The third-order valence-corrected chi connectivity index (χ3v) is 8.44. The average Bonchev–Trinajstić information content (AvgIpc) is 3.30. The lowest BCUT2D eigenvalue weighted by atomic mass is 10.1. The van der Waals surface area contributed by atoms with Crippen LogP contribution in [0.25, 0.3) is 10.9 Å². The van der Waals surface area contributed by atoms with Gasteiger partial charge >= 0.3 is 6.09 Å². The first kappa shape index (κ1) is 22.5. The van der Waals surface area contributed by atoms with Crippen molar-refractivity contribution in [2.24, 2.45) is 4.99 Å². The van der Waals surface area contributed by atoms with E-state index in [0.717, 1.165) is 16.7 Å². The number of hydrogen-bond donors (Lipinski definition) is 2. The van der Waals surface area contributed by atoms with Crippen LogP contribution in [0, 0.1) is 5.82 Å². The van der Waals surface area contributed by atoms with Crippen molar-refractivity contribution in [3.05, 3.63) is 47.4 Å². The molecule has 1 aromatic heterocycles. The number of rotatable bonds is 6. The first-order valence-corrected chi connectivity index (χ1v) is 11.9. The predicted octanol–water partition coefficient (Wildman–Crippen LogP) is 3.77. The maximum Gasteiger partial charge on any atom is 0.416 e. The zero-order valence-electron chi connectivity index (χ0n) is 17.1. The third kappa shape index (κ3) is 4.46. The summed E-state index contributed by atoms with van der Waals surface area (Å²) >= 11 is -1.18. The van der Waals surface area contributed by atoms with Crippen molar-refractivity contribution in [1.29, 1.82) is 0 Å². The lowest BCUT2D eigenvalue weighted by Gasteiger charge is -2.30. The number of thiol groups is 1. The fourth-order valence-corrected chi connectivity index (χ4v) is 6.35. The maximum absolute atomic E-state index is 14.2. The van der Waals surface area contributed by atoms with E-state index >= 15 is 0 Å². The van der Waals surface area contributed by atoms with Crippen LogP contribution in [-0.2, 0) is 11.4 Å².